The van der Waals surface area contributed by atoms with Gasteiger partial charge in [0.25, 0.3) is 0 Å². The Hall–Kier alpha value is -1.64. The van der Waals surface area contributed by atoms with E-state index < -0.39 is 5.60 Å². The number of aliphatic hydroxyl groups is 1. The number of aryl methyl sites for hydroxylation is 1. The number of hydrogen-bond donors (Lipinski definition) is 2. The lowest BCUT2D eigenvalue weighted by molar-refractivity contribution is 0.0901. The van der Waals surface area contributed by atoms with E-state index in [1.807, 2.05) is 48.5 Å². The van der Waals surface area contributed by atoms with Gasteiger partial charge in [-0.2, -0.15) is 0 Å². The summed E-state index contributed by atoms with van der Waals surface area (Å²) in [5, 5.41) is 10.9. The van der Waals surface area contributed by atoms with Crippen molar-refractivity contribution in [2.45, 2.75) is 18.9 Å². The molecular weight excluding hydrogens is 222 g/mol. The van der Waals surface area contributed by atoms with E-state index in [4.69, 9.17) is 5.73 Å². The molecule has 0 aromatic heterocycles. The zero-order chi connectivity index (χ0) is 13.0. The van der Waals surface area contributed by atoms with E-state index in [1.54, 1.807) is 0 Å². The van der Waals surface area contributed by atoms with Gasteiger partial charge in [0.1, 0.15) is 5.60 Å². The summed E-state index contributed by atoms with van der Waals surface area (Å²) in [4.78, 5) is 0. The van der Waals surface area contributed by atoms with Crippen LogP contribution in [0.15, 0.2) is 54.6 Å². The van der Waals surface area contributed by atoms with Crippen LogP contribution in [0.2, 0.25) is 0 Å². The van der Waals surface area contributed by atoms with Crippen LogP contribution in [-0.2, 0) is 12.0 Å². The minimum absolute atomic E-state index is 0.171. The van der Waals surface area contributed by atoms with E-state index in [9.17, 15) is 5.11 Å². The zero-order valence-corrected chi connectivity index (χ0v) is 10.6. The Bertz CT molecular complexity index is 510. The Kier molecular flexibility index (Phi) is 3.80. The van der Waals surface area contributed by atoms with Gasteiger partial charge in [-0.3, -0.25) is 0 Å². The topological polar surface area (TPSA) is 46.2 Å². The van der Waals surface area contributed by atoms with E-state index in [1.165, 1.54) is 5.56 Å². The first-order valence-electron chi connectivity index (χ1n) is 6.28. The van der Waals surface area contributed by atoms with E-state index in [2.05, 4.69) is 13.0 Å². The third-order valence-corrected chi connectivity index (χ3v) is 3.36. The van der Waals surface area contributed by atoms with Crippen molar-refractivity contribution in [3.05, 3.63) is 71.3 Å². The molecule has 0 bridgehead atoms. The number of nitrogens with two attached hydrogens (primary N) is 1. The predicted octanol–water partition coefficient (Wildman–Crippen LogP) is 2.44. The van der Waals surface area contributed by atoms with Crippen molar-refractivity contribution in [1.82, 2.24) is 0 Å². The quantitative estimate of drug-likeness (QED) is 0.863. The van der Waals surface area contributed by atoms with E-state index >= 15 is 0 Å². The number of benzene rings is 2. The zero-order valence-electron chi connectivity index (χ0n) is 10.6. The van der Waals surface area contributed by atoms with Gasteiger partial charge in [0.2, 0.25) is 0 Å². The van der Waals surface area contributed by atoms with Crippen LogP contribution in [0.5, 0.6) is 0 Å². The molecule has 0 aliphatic heterocycles. The maximum atomic E-state index is 10.9. The lowest BCUT2D eigenvalue weighted by atomic mass is 9.85. The van der Waals surface area contributed by atoms with Crippen molar-refractivity contribution >= 4 is 0 Å². The molecular formula is C16H19NO. The molecule has 2 nitrogen and oxygen atoms in total. The maximum absolute atomic E-state index is 10.9. The molecule has 2 rings (SSSR count). The standard InChI is InChI=1S/C16H19NO/c1-2-13-7-6-10-15(11-13)16(18,12-17)14-8-4-3-5-9-14/h3-11,18H,2,12,17H2,1H3. The summed E-state index contributed by atoms with van der Waals surface area (Å²) in [7, 11) is 0. The van der Waals surface area contributed by atoms with Gasteiger partial charge < -0.3 is 10.8 Å². The van der Waals surface area contributed by atoms with Gasteiger partial charge in [0, 0.05) is 6.54 Å². The Morgan fingerprint density at radius 3 is 2.28 bits per heavy atom. The third kappa shape index (κ3) is 2.30. The molecule has 0 saturated heterocycles. The minimum Gasteiger partial charge on any atom is -0.379 e. The van der Waals surface area contributed by atoms with Gasteiger partial charge >= 0.3 is 0 Å². The van der Waals surface area contributed by atoms with Crippen molar-refractivity contribution in [3.63, 3.8) is 0 Å². The first kappa shape index (κ1) is 12.8. The second-order valence-corrected chi connectivity index (χ2v) is 4.48. The Morgan fingerprint density at radius 1 is 1.00 bits per heavy atom. The van der Waals surface area contributed by atoms with Crippen LogP contribution in [0.3, 0.4) is 0 Å². The number of rotatable bonds is 4. The molecule has 0 radical (unpaired) electrons. The first-order valence-corrected chi connectivity index (χ1v) is 6.28. The molecule has 0 heterocycles. The van der Waals surface area contributed by atoms with Crippen molar-refractivity contribution in [2.75, 3.05) is 6.54 Å². The molecule has 0 saturated carbocycles. The largest absolute Gasteiger partial charge is 0.379 e. The summed E-state index contributed by atoms with van der Waals surface area (Å²) >= 11 is 0. The molecule has 2 heteroatoms. The molecule has 18 heavy (non-hydrogen) atoms. The molecule has 1 atom stereocenters. The van der Waals surface area contributed by atoms with Gasteiger partial charge in [0.05, 0.1) is 0 Å². The highest BCUT2D eigenvalue weighted by atomic mass is 16.3. The molecule has 0 spiro atoms. The maximum Gasteiger partial charge on any atom is 0.127 e. The van der Waals surface area contributed by atoms with Crippen molar-refractivity contribution in [3.8, 4) is 0 Å². The second-order valence-electron chi connectivity index (χ2n) is 4.48. The predicted molar refractivity (Wildman–Crippen MR) is 74.3 cm³/mol. The van der Waals surface area contributed by atoms with Gasteiger partial charge in [-0.25, -0.2) is 0 Å². The SMILES string of the molecule is CCc1cccc(C(O)(CN)c2ccccc2)c1. The highest BCUT2D eigenvalue weighted by molar-refractivity contribution is 5.38. The average molecular weight is 241 g/mol. The molecule has 0 fully saturated rings. The molecule has 0 amide bonds. The van der Waals surface area contributed by atoms with Crippen LogP contribution in [0.4, 0.5) is 0 Å². The average Bonchev–Trinajstić information content (AvgIpc) is 2.47. The fourth-order valence-corrected chi connectivity index (χ4v) is 2.16. The molecule has 0 aliphatic carbocycles. The van der Waals surface area contributed by atoms with Crippen molar-refractivity contribution in [1.29, 1.82) is 0 Å². The Morgan fingerprint density at radius 2 is 1.67 bits per heavy atom. The minimum atomic E-state index is -1.10. The van der Waals surface area contributed by atoms with Crippen LogP contribution >= 0.6 is 0 Å². The van der Waals surface area contributed by atoms with Gasteiger partial charge in [-0.05, 0) is 23.1 Å². The molecule has 94 valence electrons. The van der Waals surface area contributed by atoms with Crippen LogP contribution < -0.4 is 5.73 Å². The van der Waals surface area contributed by atoms with Crippen LogP contribution in [0, 0.1) is 0 Å². The summed E-state index contributed by atoms with van der Waals surface area (Å²) in [5.41, 5.74) is 7.60. The fourth-order valence-electron chi connectivity index (χ4n) is 2.16. The molecule has 2 aromatic rings. The molecule has 1 unspecified atom stereocenters. The number of hydrogen-bond acceptors (Lipinski definition) is 2. The lowest BCUT2D eigenvalue weighted by Crippen LogP contribution is -2.36. The third-order valence-electron chi connectivity index (χ3n) is 3.36. The fraction of sp³-hybridized carbons (Fsp3) is 0.250. The summed E-state index contributed by atoms with van der Waals surface area (Å²) < 4.78 is 0. The molecule has 0 aliphatic rings. The molecule has 3 N–H and O–H groups in total. The Balaban J connectivity index is 2.49. The summed E-state index contributed by atoms with van der Waals surface area (Å²) in [6.07, 6.45) is 0.948. The first-order chi connectivity index (χ1) is 8.70. The monoisotopic (exact) mass is 241 g/mol. The smallest absolute Gasteiger partial charge is 0.127 e. The summed E-state index contributed by atoms with van der Waals surface area (Å²) in [5.74, 6) is 0. The lowest BCUT2D eigenvalue weighted by Gasteiger charge is -2.28. The van der Waals surface area contributed by atoms with Crippen LogP contribution in [0.1, 0.15) is 23.6 Å². The van der Waals surface area contributed by atoms with E-state index in [0.29, 0.717) is 0 Å². The highest BCUT2D eigenvalue weighted by Crippen LogP contribution is 2.29. The second kappa shape index (κ2) is 5.34. The van der Waals surface area contributed by atoms with Crippen LogP contribution in [0.25, 0.3) is 0 Å². The van der Waals surface area contributed by atoms with Gasteiger partial charge in [-0.1, -0.05) is 61.5 Å². The highest BCUT2D eigenvalue weighted by Gasteiger charge is 2.29. The van der Waals surface area contributed by atoms with Gasteiger partial charge in [-0.15, -0.1) is 0 Å². The summed E-state index contributed by atoms with van der Waals surface area (Å²) in [6, 6.07) is 17.6. The van der Waals surface area contributed by atoms with E-state index in [-0.39, 0.29) is 6.54 Å². The van der Waals surface area contributed by atoms with Crippen molar-refractivity contribution < 1.29 is 5.11 Å². The summed E-state index contributed by atoms with van der Waals surface area (Å²) in [6.45, 7) is 2.27. The Labute approximate surface area is 108 Å². The normalized spacial score (nSPS) is 14.2. The van der Waals surface area contributed by atoms with Crippen LogP contribution in [-0.4, -0.2) is 11.7 Å². The van der Waals surface area contributed by atoms with Gasteiger partial charge in [0.15, 0.2) is 0 Å². The van der Waals surface area contributed by atoms with Crippen molar-refractivity contribution in [2.24, 2.45) is 5.73 Å². The van der Waals surface area contributed by atoms with E-state index in [0.717, 1.165) is 17.5 Å². The molecule has 2 aromatic carbocycles.